The van der Waals surface area contributed by atoms with Gasteiger partial charge < -0.3 is 4.74 Å². The lowest BCUT2D eigenvalue weighted by molar-refractivity contribution is 0.0519. The average molecular weight is 431 g/mol. The van der Waals surface area contributed by atoms with Gasteiger partial charge in [-0.3, -0.25) is 0 Å². The summed E-state index contributed by atoms with van der Waals surface area (Å²) in [6, 6.07) is 19.3. The smallest absolute Gasteiger partial charge is 0.356 e. The number of hydrogen-bond acceptors (Lipinski definition) is 3. The molecule has 0 saturated carbocycles. The van der Waals surface area contributed by atoms with Crippen LogP contribution >= 0.6 is 27.5 Å². The third-order valence-corrected chi connectivity index (χ3v) is 4.68. The van der Waals surface area contributed by atoms with Crippen molar-refractivity contribution in [2.45, 2.75) is 13.3 Å². The summed E-state index contributed by atoms with van der Waals surface area (Å²) in [6.07, 6.45) is 0.610. The fraction of sp³-hybridized carbons (Fsp3) is 0.143. The van der Waals surface area contributed by atoms with Crippen molar-refractivity contribution in [1.82, 2.24) is 4.98 Å². The summed E-state index contributed by atoms with van der Waals surface area (Å²) in [5.41, 5.74) is 4.22. The maximum atomic E-state index is 12.1. The fourth-order valence-corrected chi connectivity index (χ4v) is 3.03. The molecule has 2 aromatic carbocycles. The number of benzene rings is 2. The number of nitrogens with zero attached hydrogens (tertiary/aromatic N) is 1. The maximum Gasteiger partial charge on any atom is 0.356 e. The van der Waals surface area contributed by atoms with Crippen molar-refractivity contribution < 1.29 is 9.53 Å². The molecule has 0 atom stereocenters. The van der Waals surface area contributed by atoms with Gasteiger partial charge in [-0.05, 0) is 48.4 Å². The Kier molecular flexibility index (Phi) is 6.07. The van der Waals surface area contributed by atoms with Crippen LogP contribution in [0.1, 0.15) is 28.7 Å². The van der Waals surface area contributed by atoms with Crippen LogP contribution in [0, 0.1) is 0 Å². The Labute approximate surface area is 166 Å². The van der Waals surface area contributed by atoms with Gasteiger partial charge in [0.2, 0.25) is 0 Å². The molecule has 5 heteroatoms. The number of ether oxygens (including phenoxy) is 1. The van der Waals surface area contributed by atoms with Gasteiger partial charge in [0, 0.05) is 21.5 Å². The largest absolute Gasteiger partial charge is 0.461 e. The quantitative estimate of drug-likeness (QED) is 0.471. The topological polar surface area (TPSA) is 39.2 Å². The standard InChI is InChI=1S/C21H17BrClNO2/c1-2-26-21(25)19-12-11-18(15-5-9-17(23)10-6-15)20(24-19)13-14-3-7-16(22)8-4-14/h3-12H,2,13H2,1H3. The summed E-state index contributed by atoms with van der Waals surface area (Å²) in [5.74, 6) is -0.410. The maximum absolute atomic E-state index is 12.1. The Bertz CT molecular complexity index is 908. The number of hydrogen-bond donors (Lipinski definition) is 0. The highest BCUT2D eigenvalue weighted by Crippen LogP contribution is 2.27. The van der Waals surface area contributed by atoms with E-state index in [0.29, 0.717) is 23.7 Å². The molecule has 0 spiro atoms. The van der Waals surface area contributed by atoms with Crippen LogP contribution in [0.3, 0.4) is 0 Å². The van der Waals surface area contributed by atoms with E-state index in [-0.39, 0.29) is 0 Å². The number of carbonyl (C=O) groups is 1. The fourth-order valence-electron chi connectivity index (χ4n) is 2.64. The first-order valence-electron chi connectivity index (χ1n) is 8.24. The van der Waals surface area contributed by atoms with E-state index >= 15 is 0 Å². The SMILES string of the molecule is CCOC(=O)c1ccc(-c2ccc(Cl)cc2)c(Cc2ccc(Br)cc2)n1. The second-order valence-electron chi connectivity index (χ2n) is 5.72. The summed E-state index contributed by atoms with van der Waals surface area (Å²) in [5, 5.41) is 0.680. The summed E-state index contributed by atoms with van der Waals surface area (Å²) < 4.78 is 6.11. The van der Waals surface area contributed by atoms with Crippen molar-refractivity contribution in [1.29, 1.82) is 0 Å². The zero-order valence-corrected chi connectivity index (χ0v) is 16.5. The molecule has 0 aliphatic carbocycles. The molecule has 0 aliphatic heterocycles. The minimum atomic E-state index is -0.410. The first-order valence-corrected chi connectivity index (χ1v) is 9.41. The lowest BCUT2D eigenvalue weighted by Crippen LogP contribution is -2.09. The van der Waals surface area contributed by atoms with Gasteiger partial charge in [-0.2, -0.15) is 0 Å². The first-order chi connectivity index (χ1) is 12.6. The molecule has 0 radical (unpaired) electrons. The second kappa shape index (κ2) is 8.47. The van der Waals surface area contributed by atoms with Crippen molar-refractivity contribution in [3.8, 4) is 11.1 Å². The van der Waals surface area contributed by atoms with Gasteiger partial charge in [-0.25, -0.2) is 9.78 Å². The van der Waals surface area contributed by atoms with E-state index in [1.54, 1.807) is 13.0 Å². The van der Waals surface area contributed by atoms with Gasteiger partial charge >= 0.3 is 5.97 Å². The van der Waals surface area contributed by atoms with E-state index in [0.717, 1.165) is 26.9 Å². The summed E-state index contributed by atoms with van der Waals surface area (Å²) in [7, 11) is 0. The molecular weight excluding hydrogens is 414 g/mol. The zero-order chi connectivity index (χ0) is 18.5. The van der Waals surface area contributed by atoms with Crippen LogP contribution in [0.4, 0.5) is 0 Å². The lowest BCUT2D eigenvalue weighted by atomic mass is 9.99. The minimum Gasteiger partial charge on any atom is -0.461 e. The summed E-state index contributed by atoms with van der Waals surface area (Å²) in [4.78, 5) is 16.7. The van der Waals surface area contributed by atoms with Crippen LogP contribution in [0.5, 0.6) is 0 Å². The van der Waals surface area contributed by atoms with Crippen molar-refractivity contribution >= 4 is 33.5 Å². The Morgan fingerprint density at radius 1 is 1.04 bits per heavy atom. The molecule has 26 heavy (non-hydrogen) atoms. The van der Waals surface area contributed by atoms with E-state index in [9.17, 15) is 4.79 Å². The van der Waals surface area contributed by atoms with Crippen LogP contribution in [0.25, 0.3) is 11.1 Å². The van der Waals surface area contributed by atoms with Crippen LogP contribution in [0.2, 0.25) is 5.02 Å². The van der Waals surface area contributed by atoms with Gasteiger partial charge in [0.1, 0.15) is 5.69 Å². The van der Waals surface area contributed by atoms with Crippen LogP contribution in [-0.4, -0.2) is 17.6 Å². The highest BCUT2D eigenvalue weighted by molar-refractivity contribution is 9.10. The molecule has 0 unspecified atom stereocenters. The van der Waals surface area contributed by atoms with E-state index in [1.807, 2.05) is 54.6 Å². The highest BCUT2D eigenvalue weighted by atomic mass is 79.9. The monoisotopic (exact) mass is 429 g/mol. The van der Waals surface area contributed by atoms with Crippen molar-refractivity contribution in [3.63, 3.8) is 0 Å². The second-order valence-corrected chi connectivity index (χ2v) is 7.07. The molecule has 1 heterocycles. The highest BCUT2D eigenvalue weighted by Gasteiger charge is 2.14. The van der Waals surface area contributed by atoms with Gasteiger partial charge in [0.25, 0.3) is 0 Å². The van der Waals surface area contributed by atoms with E-state index in [1.165, 1.54) is 0 Å². The molecule has 0 amide bonds. The molecule has 3 rings (SSSR count). The van der Waals surface area contributed by atoms with Gasteiger partial charge in [0.15, 0.2) is 0 Å². The van der Waals surface area contributed by atoms with Gasteiger partial charge in [0.05, 0.1) is 12.3 Å². The summed E-state index contributed by atoms with van der Waals surface area (Å²) in [6.45, 7) is 2.10. The molecule has 0 bridgehead atoms. The average Bonchev–Trinajstić information content (AvgIpc) is 2.65. The Morgan fingerprint density at radius 2 is 1.73 bits per heavy atom. The molecule has 0 fully saturated rings. The number of carbonyl (C=O) groups excluding carboxylic acids is 1. The minimum absolute atomic E-state index is 0.316. The van der Waals surface area contributed by atoms with Crippen molar-refractivity contribution in [3.05, 3.63) is 87.1 Å². The molecule has 0 aliphatic rings. The van der Waals surface area contributed by atoms with Gasteiger partial charge in [-0.1, -0.05) is 57.9 Å². The molecule has 3 aromatic rings. The first kappa shape index (κ1) is 18.6. The third kappa shape index (κ3) is 4.51. The molecule has 3 nitrogen and oxygen atoms in total. The number of aromatic nitrogens is 1. The molecule has 1 aromatic heterocycles. The van der Waals surface area contributed by atoms with Crippen LogP contribution in [-0.2, 0) is 11.2 Å². The van der Waals surface area contributed by atoms with Gasteiger partial charge in [-0.15, -0.1) is 0 Å². The lowest BCUT2D eigenvalue weighted by Gasteiger charge is -2.12. The predicted octanol–water partition coefficient (Wildman–Crippen LogP) is 5.93. The molecule has 132 valence electrons. The molecule has 0 N–H and O–H groups in total. The van der Waals surface area contributed by atoms with E-state index in [4.69, 9.17) is 16.3 Å². The molecular formula is C21H17BrClNO2. The number of halogens is 2. The molecule has 0 saturated heterocycles. The van der Waals surface area contributed by atoms with Crippen molar-refractivity contribution in [2.24, 2.45) is 0 Å². The number of pyridine rings is 1. The number of esters is 1. The predicted molar refractivity (Wildman–Crippen MR) is 108 cm³/mol. The third-order valence-electron chi connectivity index (χ3n) is 3.90. The van der Waals surface area contributed by atoms with Crippen molar-refractivity contribution in [2.75, 3.05) is 6.61 Å². The Morgan fingerprint density at radius 3 is 2.38 bits per heavy atom. The summed E-state index contributed by atoms with van der Waals surface area (Å²) >= 11 is 9.45. The zero-order valence-electron chi connectivity index (χ0n) is 14.2. The van der Waals surface area contributed by atoms with Crippen LogP contribution < -0.4 is 0 Å². The Balaban J connectivity index is 2.03. The van der Waals surface area contributed by atoms with Crippen LogP contribution in [0.15, 0.2) is 65.1 Å². The Hall–Kier alpha value is -2.17. The van der Waals surface area contributed by atoms with E-state index in [2.05, 4.69) is 20.9 Å². The van der Waals surface area contributed by atoms with E-state index < -0.39 is 5.97 Å². The normalized spacial score (nSPS) is 10.6. The number of rotatable bonds is 5.